The number of hydrogen-bond acceptors (Lipinski definition) is 3. The van der Waals surface area contributed by atoms with Crippen LogP contribution < -0.4 is 0 Å². The molecule has 0 bridgehead atoms. The molecule has 0 saturated heterocycles. The maximum absolute atomic E-state index is 11.0. The van der Waals surface area contributed by atoms with Gasteiger partial charge in [0, 0.05) is 23.1 Å². The molecule has 0 spiro atoms. The third-order valence-electron chi connectivity index (χ3n) is 2.02. The summed E-state index contributed by atoms with van der Waals surface area (Å²) < 4.78 is 0. The fourth-order valence-electron chi connectivity index (χ4n) is 1.19. The number of rotatable bonds is 2. The number of carboxylic acid groups (broad SMARTS) is 1. The number of hydrogen-bond donors (Lipinski definition) is 1. The van der Waals surface area contributed by atoms with Crippen molar-refractivity contribution < 1.29 is 14.8 Å². The van der Waals surface area contributed by atoms with E-state index in [9.17, 15) is 14.9 Å². The highest BCUT2D eigenvalue weighted by atomic mass is 16.6. The van der Waals surface area contributed by atoms with Crippen molar-refractivity contribution in [1.82, 2.24) is 0 Å². The van der Waals surface area contributed by atoms with Crippen molar-refractivity contribution in [3.8, 4) is 11.8 Å². The van der Waals surface area contributed by atoms with Gasteiger partial charge in [0.2, 0.25) is 0 Å². The second-order valence-corrected chi connectivity index (χ2v) is 4.79. The Morgan fingerprint density at radius 1 is 1.39 bits per heavy atom. The Hall–Kier alpha value is -2.35. The Kier molecular flexibility index (Phi) is 3.72. The van der Waals surface area contributed by atoms with Gasteiger partial charge in [-0.15, -0.1) is 0 Å². The lowest BCUT2D eigenvalue weighted by atomic mass is 9.96. The number of nitro groups is 1. The van der Waals surface area contributed by atoms with Gasteiger partial charge in [-0.2, -0.15) is 0 Å². The van der Waals surface area contributed by atoms with Crippen LogP contribution in [0.15, 0.2) is 18.2 Å². The normalized spacial score (nSPS) is 10.4. The van der Waals surface area contributed by atoms with Crippen LogP contribution >= 0.6 is 0 Å². The maximum atomic E-state index is 11.0. The summed E-state index contributed by atoms with van der Waals surface area (Å²) in [6.45, 7) is 5.62. The van der Waals surface area contributed by atoms with Gasteiger partial charge in [-0.25, -0.2) is 4.79 Å². The minimum atomic E-state index is -1.15. The van der Waals surface area contributed by atoms with Crippen LogP contribution in [0.2, 0.25) is 0 Å². The lowest BCUT2D eigenvalue weighted by molar-refractivity contribution is -0.384. The zero-order valence-electron chi connectivity index (χ0n) is 10.4. The molecule has 0 heterocycles. The first kappa shape index (κ1) is 13.7. The Morgan fingerprint density at radius 2 is 2.00 bits per heavy atom. The molecule has 0 amide bonds. The second kappa shape index (κ2) is 4.88. The fourth-order valence-corrected chi connectivity index (χ4v) is 1.19. The van der Waals surface area contributed by atoms with Crippen molar-refractivity contribution in [2.75, 3.05) is 0 Å². The molecule has 5 heteroatoms. The summed E-state index contributed by atoms with van der Waals surface area (Å²) in [4.78, 5) is 21.1. The van der Waals surface area contributed by atoms with Gasteiger partial charge in [-0.3, -0.25) is 10.1 Å². The lowest BCUT2D eigenvalue weighted by Crippen LogP contribution is -2.03. The van der Waals surface area contributed by atoms with Crippen LogP contribution in [-0.4, -0.2) is 16.0 Å². The average molecular weight is 247 g/mol. The van der Waals surface area contributed by atoms with E-state index in [2.05, 4.69) is 11.8 Å². The van der Waals surface area contributed by atoms with E-state index in [1.54, 1.807) is 0 Å². The molecule has 0 aliphatic heterocycles. The van der Waals surface area contributed by atoms with Crippen LogP contribution in [0.4, 0.5) is 5.69 Å². The summed E-state index contributed by atoms with van der Waals surface area (Å²) in [7, 11) is 0. The molecule has 0 atom stereocenters. The van der Waals surface area contributed by atoms with E-state index < -0.39 is 10.9 Å². The molecule has 0 aliphatic rings. The highest BCUT2D eigenvalue weighted by Crippen LogP contribution is 2.18. The number of nitro benzene ring substituents is 1. The SMILES string of the molecule is CC(C)(C)C#Cc1cc([N+](=O)[O-])ccc1C(=O)O. The van der Waals surface area contributed by atoms with E-state index in [0.717, 1.165) is 6.07 Å². The van der Waals surface area contributed by atoms with E-state index in [-0.39, 0.29) is 22.2 Å². The summed E-state index contributed by atoms with van der Waals surface area (Å²) in [5.41, 5.74) is -0.345. The summed E-state index contributed by atoms with van der Waals surface area (Å²) in [5, 5.41) is 19.6. The van der Waals surface area contributed by atoms with Gasteiger partial charge in [0.15, 0.2) is 0 Å². The second-order valence-electron chi connectivity index (χ2n) is 4.79. The predicted octanol–water partition coefficient (Wildman–Crippen LogP) is 2.69. The summed E-state index contributed by atoms with van der Waals surface area (Å²) in [5.74, 6) is 4.41. The highest BCUT2D eigenvalue weighted by Gasteiger charge is 2.14. The topological polar surface area (TPSA) is 80.4 Å². The zero-order chi connectivity index (χ0) is 13.9. The van der Waals surface area contributed by atoms with Gasteiger partial charge >= 0.3 is 5.97 Å². The van der Waals surface area contributed by atoms with Crippen LogP contribution in [0.5, 0.6) is 0 Å². The molecule has 18 heavy (non-hydrogen) atoms. The first-order valence-corrected chi connectivity index (χ1v) is 5.25. The predicted molar refractivity (Wildman–Crippen MR) is 66.4 cm³/mol. The number of nitrogens with zero attached hydrogens (tertiary/aromatic N) is 1. The molecule has 0 aliphatic carbocycles. The number of benzene rings is 1. The van der Waals surface area contributed by atoms with Crippen molar-refractivity contribution in [2.24, 2.45) is 5.41 Å². The molecule has 1 aromatic carbocycles. The molecule has 0 radical (unpaired) electrons. The first-order valence-electron chi connectivity index (χ1n) is 5.25. The monoisotopic (exact) mass is 247 g/mol. The molecule has 0 saturated carbocycles. The van der Waals surface area contributed by atoms with Crippen LogP contribution in [0.1, 0.15) is 36.7 Å². The van der Waals surface area contributed by atoms with Crippen molar-refractivity contribution >= 4 is 11.7 Å². The summed E-state index contributed by atoms with van der Waals surface area (Å²) in [6, 6.07) is 3.54. The molecule has 1 rings (SSSR count). The Balaban J connectivity index is 3.36. The van der Waals surface area contributed by atoms with Crippen LogP contribution in [-0.2, 0) is 0 Å². The Labute approximate surface area is 105 Å². The van der Waals surface area contributed by atoms with Gasteiger partial charge in [-0.05, 0) is 26.8 Å². The smallest absolute Gasteiger partial charge is 0.336 e. The molecule has 0 fully saturated rings. The highest BCUT2D eigenvalue weighted by molar-refractivity contribution is 5.91. The molecule has 1 N–H and O–H groups in total. The summed E-state index contributed by atoms with van der Waals surface area (Å²) >= 11 is 0. The molecule has 1 aromatic rings. The average Bonchev–Trinajstić information content (AvgIpc) is 2.24. The van der Waals surface area contributed by atoms with E-state index in [0.29, 0.717) is 0 Å². The largest absolute Gasteiger partial charge is 0.478 e. The molecule has 94 valence electrons. The van der Waals surface area contributed by atoms with E-state index in [1.807, 2.05) is 20.8 Å². The van der Waals surface area contributed by atoms with E-state index >= 15 is 0 Å². The third kappa shape index (κ3) is 3.59. The molecular formula is C13H13NO4. The van der Waals surface area contributed by atoms with Crippen molar-refractivity contribution in [1.29, 1.82) is 0 Å². The number of non-ortho nitro benzene ring substituents is 1. The van der Waals surface area contributed by atoms with Crippen LogP contribution in [0.3, 0.4) is 0 Å². The molecule has 0 aromatic heterocycles. The molecular weight excluding hydrogens is 234 g/mol. The van der Waals surface area contributed by atoms with Crippen molar-refractivity contribution in [3.05, 3.63) is 39.4 Å². The van der Waals surface area contributed by atoms with Crippen LogP contribution in [0.25, 0.3) is 0 Å². The van der Waals surface area contributed by atoms with E-state index in [4.69, 9.17) is 5.11 Å². The number of carbonyl (C=O) groups is 1. The quantitative estimate of drug-likeness (QED) is 0.495. The van der Waals surface area contributed by atoms with Crippen molar-refractivity contribution in [2.45, 2.75) is 20.8 Å². The number of carboxylic acids is 1. The van der Waals surface area contributed by atoms with Crippen molar-refractivity contribution in [3.63, 3.8) is 0 Å². The van der Waals surface area contributed by atoms with Gasteiger partial charge in [-0.1, -0.05) is 11.8 Å². The van der Waals surface area contributed by atoms with Gasteiger partial charge < -0.3 is 5.11 Å². The Bertz CT molecular complexity index is 559. The number of aromatic carboxylic acids is 1. The minimum Gasteiger partial charge on any atom is -0.478 e. The molecule has 5 nitrogen and oxygen atoms in total. The Morgan fingerprint density at radius 3 is 2.44 bits per heavy atom. The van der Waals surface area contributed by atoms with Gasteiger partial charge in [0.05, 0.1) is 10.5 Å². The lowest BCUT2D eigenvalue weighted by Gasteiger charge is -2.07. The fraction of sp³-hybridized carbons (Fsp3) is 0.308. The van der Waals surface area contributed by atoms with E-state index in [1.165, 1.54) is 12.1 Å². The summed E-state index contributed by atoms with van der Waals surface area (Å²) in [6.07, 6.45) is 0. The van der Waals surface area contributed by atoms with Crippen LogP contribution in [0, 0.1) is 27.4 Å². The van der Waals surface area contributed by atoms with Gasteiger partial charge in [0.1, 0.15) is 0 Å². The zero-order valence-corrected chi connectivity index (χ0v) is 10.4. The standard InChI is InChI=1S/C13H13NO4/c1-13(2,3)7-6-9-8-10(14(17)18)4-5-11(9)12(15)16/h4-5,8H,1-3H3,(H,15,16). The maximum Gasteiger partial charge on any atom is 0.336 e. The van der Waals surface area contributed by atoms with Gasteiger partial charge in [0.25, 0.3) is 5.69 Å². The minimum absolute atomic E-state index is 0.0302. The third-order valence-corrected chi connectivity index (χ3v) is 2.02. The molecule has 0 unspecified atom stereocenters. The first-order chi connectivity index (χ1) is 8.20.